The zero-order valence-corrected chi connectivity index (χ0v) is 12.6. The van der Waals surface area contributed by atoms with Crippen LogP contribution in [0.25, 0.3) is 0 Å². The Labute approximate surface area is 121 Å². The second kappa shape index (κ2) is 7.22. The molecule has 2 N–H and O–H groups in total. The van der Waals surface area contributed by atoms with Gasteiger partial charge in [-0.15, -0.1) is 0 Å². The van der Waals surface area contributed by atoms with Gasteiger partial charge in [0.2, 0.25) is 0 Å². The van der Waals surface area contributed by atoms with Crippen LogP contribution in [-0.4, -0.2) is 28.0 Å². The fraction of sp³-hybridized carbons (Fsp3) is 0.438. The van der Waals surface area contributed by atoms with E-state index >= 15 is 0 Å². The van der Waals surface area contributed by atoms with Crippen molar-refractivity contribution in [1.29, 1.82) is 0 Å². The summed E-state index contributed by atoms with van der Waals surface area (Å²) in [5, 5.41) is 3.40. The zero-order chi connectivity index (χ0) is 14.4. The normalized spacial score (nSPS) is 11.4. The molecular weight excluding hydrogens is 248 g/mol. The first-order valence-electron chi connectivity index (χ1n) is 7.12. The molecule has 4 heteroatoms. The van der Waals surface area contributed by atoms with E-state index in [1.165, 1.54) is 11.1 Å². The van der Waals surface area contributed by atoms with Crippen LogP contribution in [0.4, 0.5) is 0 Å². The van der Waals surface area contributed by atoms with E-state index in [0.29, 0.717) is 6.04 Å². The Morgan fingerprint density at radius 3 is 2.75 bits per heavy atom. The van der Waals surface area contributed by atoms with E-state index in [0.717, 1.165) is 25.5 Å². The summed E-state index contributed by atoms with van der Waals surface area (Å²) in [7, 11) is 2.16. The van der Waals surface area contributed by atoms with E-state index in [-0.39, 0.29) is 0 Å². The zero-order valence-electron chi connectivity index (χ0n) is 12.6. The van der Waals surface area contributed by atoms with Crippen LogP contribution in [-0.2, 0) is 19.6 Å². The number of nitrogens with one attached hydrogen (secondary N) is 2. The van der Waals surface area contributed by atoms with E-state index in [1.54, 1.807) is 6.20 Å². The monoisotopic (exact) mass is 272 g/mol. The maximum absolute atomic E-state index is 4.20. The van der Waals surface area contributed by atoms with Gasteiger partial charge in [0.15, 0.2) is 0 Å². The third kappa shape index (κ3) is 4.47. The number of imidazole rings is 1. The summed E-state index contributed by atoms with van der Waals surface area (Å²) in [6.45, 7) is 7.05. The SMILES string of the molecule is CC(C)N(C)Cc1cccc(CNCc2ncc[nH]2)c1. The average molecular weight is 272 g/mol. The lowest BCUT2D eigenvalue weighted by Crippen LogP contribution is -2.25. The summed E-state index contributed by atoms with van der Waals surface area (Å²) in [5.41, 5.74) is 2.67. The molecule has 0 aliphatic heterocycles. The minimum Gasteiger partial charge on any atom is -0.348 e. The van der Waals surface area contributed by atoms with E-state index in [9.17, 15) is 0 Å². The first kappa shape index (κ1) is 14.8. The molecule has 0 unspecified atom stereocenters. The lowest BCUT2D eigenvalue weighted by Gasteiger charge is -2.21. The molecular formula is C16H24N4. The quantitative estimate of drug-likeness (QED) is 0.814. The standard InChI is InChI=1S/C16H24N4/c1-13(2)20(3)12-15-6-4-5-14(9-15)10-17-11-16-18-7-8-19-16/h4-9,13,17H,10-12H2,1-3H3,(H,18,19). The Morgan fingerprint density at radius 2 is 2.05 bits per heavy atom. The van der Waals surface area contributed by atoms with Gasteiger partial charge in [0, 0.05) is 31.5 Å². The number of rotatable bonds is 7. The Bertz CT molecular complexity index is 505. The number of H-pyrrole nitrogens is 1. The molecule has 0 aliphatic rings. The van der Waals surface area contributed by atoms with Crippen molar-refractivity contribution in [3.05, 3.63) is 53.6 Å². The minimum absolute atomic E-state index is 0.565. The third-order valence-corrected chi connectivity index (χ3v) is 3.48. The molecule has 20 heavy (non-hydrogen) atoms. The lowest BCUT2D eigenvalue weighted by atomic mass is 10.1. The molecule has 0 saturated carbocycles. The molecule has 0 bridgehead atoms. The molecule has 0 radical (unpaired) electrons. The van der Waals surface area contributed by atoms with Gasteiger partial charge < -0.3 is 10.3 Å². The van der Waals surface area contributed by atoms with Crippen LogP contribution in [0.1, 0.15) is 30.8 Å². The summed E-state index contributed by atoms with van der Waals surface area (Å²) in [4.78, 5) is 9.63. The van der Waals surface area contributed by atoms with Gasteiger partial charge >= 0.3 is 0 Å². The lowest BCUT2D eigenvalue weighted by molar-refractivity contribution is 0.266. The fourth-order valence-corrected chi connectivity index (χ4v) is 2.03. The summed E-state index contributed by atoms with van der Waals surface area (Å²) in [6, 6.07) is 9.32. The molecule has 0 spiro atoms. The van der Waals surface area contributed by atoms with Crippen LogP contribution in [0.5, 0.6) is 0 Å². The van der Waals surface area contributed by atoms with Crippen molar-refractivity contribution < 1.29 is 0 Å². The average Bonchev–Trinajstić information content (AvgIpc) is 2.92. The largest absolute Gasteiger partial charge is 0.348 e. The Hall–Kier alpha value is -1.65. The molecule has 1 heterocycles. The van der Waals surface area contributed by atoms with Crippen molar-refractivity contribution in [2.24, 2.45) is 0 Å². The second-order valence-electron chi connectivity index (χ2n) is 5.47. The van der Waals surface area contributed by atoms with Gasteiger partial charge in [0.25, 0.3) is 0 Å². The predicted octanol–water partition coefficient (Wildman–Crippen LogP) is 2.54. The summed E-state index contributed by atoms with van der Waals surface area (Å²) < 4.78 is 0. The van der Waals surface area contributed by atoms with Gasteiger partial charge in [-0.05, 0) is 32.0 Å². The molecule has 1 aromatic heterocycles. The molecule has 2 aromatic rings. The summed E-state index contributed by atoms with van der Waals surface area (Å²) in [6.07, 6.45) is 3.62. The molecule has 4 nitrogen and oxygen atoms in total. The number of benzene rings is 1. The minimum atomic E-state index is 0.565. The summed E-state index contributed by atoms with van der Waals surface area (Å²) >= 11 is 0. The number of aromatic amines is 1. The van der Waals surface area contributed by atoms with Crippen LogP contribution < -0.4 is 5.32 Å². The Kier molecular flexibility index (Phi) is 5.32. The second-order valence-corrected chi connectivity index (χ2v) is 5.47. The van der Waals surface area contributed by atoms with E-state index in [1.807, 2.05) is 6.20 Å². The van der Waals surface area contributed by atoms with Gasteiger partial charge in [-0.2, -0.15) is 0 Å². The van der Waals surface area contributed by atoms with Crippen molar-refractivity contribution in [3.8, 4) is 0 Å². The number of hydrogen-bond acceptors (Lipinski definition) is 3. The van der Waals surface area contributed by atoms with Gasteiger partial charge in [-0.1, -0.05) is 24.3 Å². The highest BCUT2D eigenvalue weighted by atomic mass is 15.1. The Balaban J connectivity index is 1.86. The smallest absolute Gasteiger partial charge is 0.120 e. The summed E-state index contributed by atoms with van der Waals surface area (Å²) in [5.74, 6) is 0.973. The van der Waals surface area contributed by atoms with E-state index < -0.39 is 0 Å². The predicted molar refractivity (Wildman–Crippen MR) is 82.2 cm³/mol. The molecule has 0 aliphatic carbocycles. The van der Waals surface area contributed by atoms with Gasteiger partial charge in [0.05, 0.1) is 6.54 Å². The molecule has 0 fully saturated rings. The highest BCUT2D eigenvalue weighted by molar-refractivity contribution is 5.23. The molecule has 0 saturated heterocycles. The fourth-order valence-electron chi connectivity index (χ4n) is 2.03. The van der Waals surface area contributed by atoms with Crippen LogP contribution in [0, 0.1) is 0 Å². The van der Waals surface area contributed by atoms with Gasteiger partial charge in [0.1, 0.15) is 5.82 Å². The topological polar surface area (TPSA) is 44.0 Å². The first-order chi connectivity index (χ1) is 9.65. The van der Waals surface area contributed by atoms with Gasteiger partial charge in [-0.3, -0.25) is 4.90 Å². The van der Waals surface area contributed by atoms with E-state index in [2.05, 4.69) is 65.3 Å². The molecule has 2 rings (SSSR count). The molecule has 1 aromatic carbocycles. The van der Waals surface area contributed by atoms with Crippen LogP contribution in [0.3, 0.4) is 0 Å². The van der Waals surface area contributed by atoms with Crippen molar-refractivity contribution in [1.82, 2.24) is 20.2 Å². The molecule has 108 valence electrons. The maximum atomic E-state index is 4.20. The molecule has 0 amide bonds. The number of nitrogens with zero attached hydrogens (tertiary/aromatic N) is 2. The van der Waals surface area contributed by atoms with Crippen LogP contribution in [0.15, 0.2) is 36.7 Å². The maximum Gasteiger partial charge on any atom is 0.120 e. The van der Waals surface area contributed by atoms with Crippen molar-refractivity contribution >= 4 is 0 Å². The highest BCUT2D eigenvalue weighted by Crippen LogP contribution is 2.09. The molecule has 0 atom stereocenters. The highest BCUT2D eigenvalue weighted by Gasteiger charge is 2.04. The van der Waals surface area contributed by atoms with Crippen LogP contribution in [0.2, 0.25) is 0 Å². The van der Waals surface area contributed by atoms with Gasteiger partial charge in [-0.25, -0.2) is 4.98 Å². The van der Waals surface area contributed by atoms with Crippen LogP contribution >= 0.6 is 0 Å². The number of hydrogen-bond donors (Lipinski definition) is 2. The number of aromatic nitrogens is 2. The van der Waals surface area contributed by atoms with Crippen molar-refractivity contribution in [2.45, 2.75) is 39.5 Å². The Morgan fingerprint density at radius 1 is 1.25 bits per heavy atom. The van der Waals surface area contributed by atoms with Crippen molar-refractivity contribution in [2.75, 3.05) is 7.05 Å². The van der Waals surface area contributed by atoms with Crippen molar-refractivity contribution in [3.63, 3.8) is 0 Å². The first-order valence-corrected chi connectivity index (χ1v) is 7.12. The third-order valence-electron chi connectivity index (χ3n) is 3.48. The van der Waals surface area contributed by atoms with E-state index in [4.69, 9.17) is 0 Å².